The van der Waals surface area contributed by atoms with E-state index in [4.69, 9.17) is 0 Å². The first-order valence-electron chi connectivity index (χ1n) is 10.2. The van der Waals surface area contributed by atoms with Gasteiger partial charge in [0.2, 0.25) is 0 Å². The van der Waals surface area contributed by atoms with Gasteiger partial charge in [-0.3, -0.25) is 4.79 Å². The van der Waals surface area contributed by atoms with Gasteiger partial charge < -0.3 is 14.7 Å². The van der Waals surface area contributed by atoms with Crippen molar-refractivity contribution >= 4 is 43.7 Å². The molecule has 2 aromatic heterocycles. The van der Waals surface area contributed by atoms with E-state index in [0.717, 1.165) is 15.7 Å². The minimum absolute atomic E-state index is 0.0449. The molecule has 0 bridgehead atoms. The number of H-pyrrole nitrogens is 1. The van der Waals surface area contributed by atoms with Crippen LogP contribution in [0.4, 0.5) is 0 Å². The zero-order valence-corrected chi connectivity index (χ0v) is 19.1. The Morgan fingerprint density at radius 1 is 1.00 bits per heavy atom. The van der Waals surface area contributed by atoms with E-state index < -0.39 is 17.2 Å². The van der Waals surface area contributed by atoms with Crippen LogP contribution in [0.5, 0.6) is 0 Å². The first-order valence-corrected chi connectivity index (χ1v) is 11.0. The molecule has 5 rings (SSSR count). The number of para-hydroxylation sites is 1. The molecule has 0 aliphatic heterocycles. The van der Waals surface area contributed by atoms with Crippen LogP contribution < -0.4 is 11.2 Å². The van der Waals surface area contributed by atoms with Crippen molar-refractivity contribution in [3.05, 3.63) is 109 Å². The van der Waals surface area contributed by atoms with Gasteiger partial charge >= 0.3 is 11.7 Å². The summed E-state index contributed by atoms with van der Waals surface area (Å²) in [6.07, 6.45) is 0. The minimum atomic E-state index is -1.23. The highest BCUT2D eigenvalue weighted by atomic mass is 79.9. The molecule has 8 heteroatoms. The van der Waals surface area contributed by atoms with Crippen molar-refractivity contribution in [1.82, 2.24) is 14.1 Å². The van der Waals surface area contributed by atoms with E-state index in [1.807, 2.05) is 31.2 Å². The van der Waals surface area contributed by atoms with Crippen LogP contribution in [0, 0.1) is 6.92 Å². The Morgan fingerprint density at radius 2 is 1.79 bits per heavy atom. The quantitative estimate of drug-likeness (QED) is 0.378. The lowest BCUT2D eigenvalue weighted by atomic mass is 10.1. The maximum absolute atomic E-state index is 13.4. The number of carbonyl (C=O) groups is 1. The second-order valence-corrected chi connectivity index (χ2v) is 8.77. The number of benzene rings is 3. The molecule has 0 saturated carbocycles. The predicted octanol–water partition coefficient (Wildman–Crippen LogP) is 4.45. The molecule has 0 aliphatic rings. The van der Waals surface area contributed by atoms with Crippen LogP contribution in [-0.4, -0.2) is 25.2 Å². The molecule has 0 radical (unpaired) electrons. The maximum Gasteiger partial charge on any atom is 0.354 e. The fourth-order valence-corrected chi connectivity index (χ4v) is 4.64. The molecule has 0 amide bonds. The first-order chi connectivity index (χ1) is 15.8. The smallest absolute Gasteiger partial charge is 0.354 e. The number of nitrogens with zero attached hydrogens (tertiary/aromatic N) is 2. The van der Waals surface area contributed by atoms with Gasteiger partial charge in [0.15, 0.2) is 5.69 Å². The molecule has 0 atom stereocenters. The molecule has 5 aromatic rings. The highest BCUT2D eigenvalue weighted by molar-refractivity contribution is 9.10. The van der Waals surface area contributed by atoms with E-state index in [2.05, 4.69) is 20.9 Å². The fraction of sp³-hybridized carbons (Fsp3) is 0.0800. The molecule has 0 aliphatic carbocycles. The molecule has 0 saturated heterocycles. The molecule has 3 aromatic carbocycles. The van der Waals surface area contributed by atoms with Gasteiger partial charge in [-0.1, -0.05) is 57.9 Å². The van der Waals surface area contributed by atoms with Crippen molar-refractivity contribution in [1.29, 1.82) is 0 Å². The largest absolute Gasteiger partial charge is 0.477 e. The highest BCUT2D eigenvalue weighted by Gasteiger charge is 2.26. The number of nitrogens with one attached hydrogen (secondary N) is 1. The molecule has 164 valence electrons. The van der Waals surface area contributed by atoms with Crippen LogP contribution in [0.25, 0.3) is 27.5 Å². The first kappa shape index (κ1) is 21.0. The van der Waals surface area contributed by atoms with Crippen LogP contribution in [0.2, 0.25) is 0 Å². The summed E-state index contributed by atoms with van der Waals surface area (Å²) < 4.78 is 3.26. The number of hydrogen-bond donors (Lipinski definition) is 2. The number of rotatable bonds is 4. The van der Waals surface area contributed by atoms with E-state index in [0.29, 0.717) is 26.3 Å². The molecule has 2 heterocycles. The van der Waals surface area contributed by atoms with Crippen molar-refractivity contribution in [3.63, 3.8) is 0 Å². The number of aryl methyl sites for hydroxylation is 1. The number of aromatic nitrogens is 3. The second kappa shape index (κ2) is 7.90. The Labute approximate surface area is 195 Å². The lowest BCUT2D eigenvalue weighted by molar-refractivity contribution is 0.0686. The summed E-state index contributed by atoms with van der Waals surface area (Å²) in [5.74, 6) is -1.23. The Hall–Kier alpha value is -3.91. The average Bonchev–Trinajstić information content (AvgIpc) is 3.07. The number of aromatic amines is 1. The van der Waals surface area contributed by atoms with E-state index >= 15 is 0 Å². The number of halogens is 1. The lowest BCUT2D eigenvalue weighted by Crippen LogP contribution is -2.34. The van der Waals surface area contributed by atoms with E-state index in [1.54, 1.807) is 47.0 Å². The SMILES string of the molecule is Cc1cccc(Cn2c(C(=O)O)c(-n3c(=O)[nH]c4ccccc4c3=O)c3cc(Br)ccc32)c1. The van der Waals surface area contributed by atoms with Gasteiger partial charge in [0.25, 0.3) is 5.56 Å². The molecule has 7 nitrogen and oxygen atoms in total. The third kappa shape index (κ3) is 3.48. The van der Waals surface area contributed by atoms with Crippen LogP contribution in [0.15, 0.2) is 80.8 Å². The highest BCUT2D eigenvalue weighted by Crippen LogP contribution is 2.32. The van der Waals surface area contributed by atoms with Crippen molar-refractivity contribution in [2.75, 3.05) is 0 Å². The van der Waals surface area contributed by atoms with Gasteiger partial charge in [-0.05, 0) is 42.8 Å². The zero-order chi connectivity index (χ0) is 23.3. The second-order valence-electron chi connectivity index (χ2n) is 7.86. The summed E-state index contributed by atoms with van der Waals surface area (Å²) in [4.78, 5) is 41.7. The topological polar surface area (TPSA) is 97.1 Å². The molecular formula is C25H18BrN3O4. The lowest BCUT2D eigenvalue weighted by Gasteiger charge is -2.11. The summed E-state index contributed by atoms with van der Waals surface area (Å²) in [5, 5.41) is 11.0. The predicted molar refractivity (Wildman–Crippen MR) is 131 cm³/mol. The van der Waals surface area contributed by atoms with Gasteiger partial charge in [-0.15, -0.1) is 0 Å². The Kier molecular flexibility index (Phi) is 5.02. The Balaban J connectivity index is 1.91. The van der Waals surface area contributed by atoms with E-state index in [1.165, 1.54) is 0 Å². The van der Waals surface area contributed by atoms with Gasteiger partial charge in [-0.2, -0.15) is 0 Å². The molecule has 2 N–H and O–H groups in total. The van der Waals surface area contributed by atoms with Gasteiger partial charge in [0, 0.05) is 16.4 Å². The summed E-state index contributed by atoms with van der Waals surface area (Å²) in [6.45, 7) is 2.23. The number of carboxylic acids is 1. The monoisotopic (exact) mass is 503 g/mol. The van der Waals surface area contributed by atoms with Gasteiger partial charge in [-0.25, -0.2) is 14.2 Å². The summed E-state index contributed by atoms with van der Waals surface area (Å²) >= 11 is 3.43. The van der Waals surface area contributed by atoms with Crippen molar-refractivity contribution in [2.24, 2.45) is 0 Å². The summed E-state index contributed by atoms with van der Waals surface area (Å²) in [7, 11) is 0. The van der Waals surface area contributed by atoms with Crippen molar-refractivity contribution < 1.29 is 9.90 Å². The molecule has 33 heavy (non-hydrogen) atoms. The van der Waals surface area contributed by atoms with Crippen molar-refractivity contribution in [3.8, 4) is 5.69 Å². The van der Waals surface area contributed by atoms with Crippen LogP contribution in [0.1, 0.15) is 21.6 Å². The number of fused-ring (bicyclic) bond motifs is 2. The number of hydrogen-bond acceptors (Lipinski definition) is 3. The van der Waals surface area contributed by atoms with Gasteiger partial charge in [0.1, 0.15) is 0 Å². The standard InChI is InChI=1S/C25H18BrN3O4/c1-14-5-4-6-15(11-14)13-28-20-10-9-16(26)12-18(20)21(22(28)24(31)32)29-23(30)17-7-2-3-8-19(17)27-25(29)33/h2-12H,13H2,1H3,(H,27,33)(H,31,32). The third-order valence-corrected chi connectivity index (χ3v) is 6.15. The van der Waals surface area contributed by atoms with Crippen molar-refractivity contribution in [2.45, 2.75) is 13.5 Å². The molecule has 0 unspecified atom stereocenters. The molecule has 0 spiro atoms. The van der Waals surface area contributed by atoms with Crippen LogP contribution in [-0.2, 0) is 6.54 Å². The average molecular weight is 504 g/mol. The minimum Gasteiger partial charge on any atom is -0.477 e. The third-order valence-electron chi connectivity index (χ3n) is 5.65. The molecule has 0 fully saturated rings. The maximum atomic E-state index is 13.4. The zero-order valence-electron chi connectivity index (χ0n) is 17.5. The number of carboxylic acid groups (broad SMARTS) is 1. The Bertz CT molecular complexity index is 1690. The summed E-state index contributed by atoms with van der Waals surface area (Å²) in [5.41, 5.74) is 1.59. The summed E-state index contributed by atoms with van der Waals surface area (Å²) in [6, 6.07) is 19.7. The normalized spacial score (nSPS) is 11.3. The van der Waals surface area contributed by atoms with E-state index in [9.17, 15) is 19.5 Å². The Morgan fingerprint density at radius 3 is 2.55 bits per heavy atom. The van der Waals surface area contributed by atoms with E-state index in [-0.39, 0.29) is 17.9 Å². The van der Waals surface area contributed by atoms with Crippen LogP contribution >= 0.6 is 15.9 Å². The van der Waals surface area contributed by atoms with Crippen LogP contribution in [0.3, 0.4) is 0 Å². The number of aromatic carboxylic acids is 1. The fourth-order valence-electron chi connectivity index (χ4n) is 4.28. The molecular weight excluding hydrogens is 486 g/mol. The van der Waals surface area contributed by atoms with Gasteiger partial charge in [0.05, 0.1) is 22.1 Å².